The third-order valence-electron chi connectivity index (χ3n) is 4.33. The predicted molar refractivity (Wildman–Crippen MR) is 82.2 cm³/mol. The van der Waals surface area contributed by atoms with Crippen molar-refractivity contribution in [2.45, 2.75) is 63.6 Å². The normalized spacial score (nSPS) is 27.1. The molecule has 0 saturated heterocycles. The van der Waals surface area contributed by atoms with E-state index in [1.54, 1.807) is 11.3 Å². The van der Waals surface area contributed by atoms with Crippen LogP contribution in [0.3, 0.4) is 0 Å². The molecule has 0 unspecified atom stereocenters. The van der Waals surface area contributed by atoms with Crippen molar-refractivity contribution in [1.82, 2.24) is 15.6 Å². The maximum atomic E-state index is 12.2. The van der Waals surface area contributed by atoms with E-state index >= 15 is 0 Å². The van der Waals surface area contributed by atoms with E-state index in [1.165, 1.54) is 0 Å². The number of nitrogens with zero attached hydrogens (tertiary/aromatic N) is 1. The van der Waals surface area contributed by atoms with Gasteiger partial charge in [0.1, 0.15) is 5.01 Å². The van der Waals surface area contributed by atoms with Crippen molar-refractivity contribution >= 4 is 17.4 Å². The van der Waals surface area contributed by atoms with E-state index in [2.05, 4.69) is 15.6 Å². The van der Waals surface area contributed by atoms with Crippen LogP contribution in [0.2, 0.25) is 0 Å². The number of amides is 2. The molecule has 0 spiro atoms. The van der Waals surface area contributed by atoms with E-state index < -0.39 is 6.10 Å². The Morgan fingerprint density at radius 1 is 1.38 bits per heavy atom. The number of carbonyl (C=O) groups is 1. The molecule has 1 heterocycles. The molecule has 116 valence electrons. The summed E-state index contributed by atoms with van der Waals surface area (Å²) in [5, 5.41) is 19.0. The zero-order valence-electron chi connectivity index (χ0n) is 12.3. The Bertz CT molecular complexity index is 501. The second kappa shape index (κ2) is 6.32. The van der Waals surface area contributed by atoms with E-state index in [9.17, 15) is 9.90 Å². The Labute approximate surface area is 129 Å². The smallest absolute Gasteiger partial charge is 0.315 e. The van der Waals surface area contributed by atoms with Gasteiger partial charge in [0.15, 0.2) is 0 Å². The molecule has 2 amide bonds. The first-order valence-corrected chi connectivity index (χ1v) is 8.68. The predicted octanol–water partition coefficient (Wildman–Crippen LogP) is 2.51. The first-order chi connectivity index (χ1) is 10.1. The summed E-state index contributed by atoms with van der Waals surface area (Å²) in [5.41, 5.74) is 1.01. The van der Waals surface area contributed by atoms with Crippen LogP contribution in [0.1, 0.15) is 55.3 Å². The van der Waals surface area contributed by atoms with Crippen molar-refractivity contribution in [2.75, 3.05) is 0 Å². The molecule has 6 heteroatoms. The van der Waals surface area contributed by atoms with Gasteiger partial charge in [-0.3, -0.25) is 0 Å². The molecule has 3 atom stereocenters. The van der Waals surface area contributed by atoms with E-state index in [0.29, 0.717) is 5.92 Å². The fourth-order valence-electron chi connectivity index (χ4n) is 2.96. The molecule has 1 aromatic rings. The molecular weight excluding hydrogens is 286 g/mol. The minimum atomic E-state index is -0.411. The highest BCUT2D eigenvalue weighted by molar-refractivity contribution is 7.09. The molecule has 0 aromatic carbocycles. The molecule has 21 heavy (non-hydrogen) atoms. The number of carbonyl (C=O) groups excluding carboxylic acids is 1. The summed E-state index contributed by atoms with van der Waals surface area (Å²) < 4.78 is 0. The van der Waals surface area contributed by atoms with Crippen molar-refractivity contribution in [3.63, 3.8) is 0 Å². The Morgan fingerprint density at radius 3 is 2.76 bits per heavy atom. The second-order valence-corrected chi connectivity index (χ2v) is 7.11. The Kier molecular flexibility index (Phi) is 4.45. The van der Waals surface area contributed by atoms with Crippen LogP contribution in [-0.2, 0) is 0 Å². The van der Waals surface area contributed by atoms with Crippen LogP contribution in [0.4, 0.5) is 4.79 Å². The van der Waals surface area contributed by atoms with Crippen LogP contribution in [0, 0.1) is 12.8 Å². The number of thiazole rings is 1. The van der Waals surface area contributed by atoms with Crippen LogP contribution >= 0.6 is 11.3 Å². The molecule has 3 rings (SSSR count). The van der Waals surface area contributed by atoms with Gasteiger partial charge in [-0.15, -0.1) is 11.3 Å². The fraction of sp³-hybridized carbons (Fsp3) is 0.733. The van der Waals surface area contributed by atoms with Crippen LogP contribution < -0.4 is 10.6 Å². The van der Waals surface area contributed by atoms with Gasteiger partial charge in [0.2, 0.25) is 0 Å². The Balaban J connectivity index is 1.59. The van der Waals surface area contributed by atoms with Gasteiger partial charge in [-0.1, -0.05) is 12.8 Å². The van der Waals surface area contributed by atoms with Crippen LogP contribution in [-0.4, -0.2) is 28.3 Å². The fourth-order valence-corrected chi connectivity index (χ4v) is 3.90. The van der Waals surface area contributed by atoms with Gasteiger partial charge in [0, 0.05) is 11.1 Å². The first-order valence-electron chi connectivity index (χ1n) is 7.80. The monoisotopic (exact) mass is 309 g/mol. The number of rotatable bonds is 4. The van der Waals surface area contributed by atoms with E-state index in [-0.39, 0.29) is 18.1 Å². The van der Waals surface area contributed by atoms with Gasteiger partial charge in [0.05, 0.1) is 18.2 Å². The number of aromatic nitrogens is 1. The summed E-state index contributed by atoms with van der Waals surface area (Å²) in [4.78, 5) is 16.7. The lowest BCUT2D eigenvalue weighted by Gasteiger charge is -2.29. The average Bonchev–Trinajstić information content (AvgIpc) is 3.21. The number of hydrogen-bond donors (Lipinski definition) is 3. The number of aryl methyl sites for hydroxylation is 1. The molecule has 2 saturated carbocycles. The minimum absolute atomic E-state index is 0.0180. The number of urea groups is 1. The average molecular weight is 309 g/mol. The van der Waals surface area contributed by atoms with Crippen molar-refractivity contribution in [2.24, 2.45) is 5.92 Å². The third-order valence-corrected chi connectivity index (χ3v) is 5.37. The van der Waals surface area contributed by atoms with E-state index in [1.807, 2.05) is 12.3 Å². The molecule has 5 nitrogen and oxygen atoms in total. The van der Waals surface area contributed by atoms with Crippen LogP contribution in [0.25, 0.3) is 0 Å². The maximum absolute atomic E-state index is 12.2. The topological polar surface area (TPSA) is 74.2 Å². The molecule has 0 radical (unpaired) electrons. The van der Waals surface area contributed by atoms with Crippen LogP contribution in [0.15, 0.2) is 5.38 Å². The molecule has 2 fully saturated rings. The molecule has 0 bridgehead atoms. The zero-order valence-corrected chi connectivity index (χ0v) is 13.2. The number of aliphatic hydroxyl groups is 1. The van der Waals surface area contributed by atoms with E-state index in [0.717, 1.165) is 49.2 Å². The second-order valence-electron chi connectivity index (χ2n) is 6.22. The maximum Gasteiger partial charge on any atom is 0.315 e. The number of aliphatic hydroxyl groups excluding tert-OH is 1. The van der Waals surface area contributed by atoms with Gasteiger partial charge in [-0.05, 0) is 38.5 Å². The number of nitrogens with one attached hydrogen (secondary N) is 2. The highest BCUT2D eigenvalue weighted by Crippen LogP contribution is 2.41. The largest absolute Gasteiger partial charge is 0.391 e. The van der Waals surface area contributed by atoms with Crippen molar-refractivity contribution in [3.8, 4) is 0 Å². The van der Waals surface area contributed by atoms with Gasteiger partial charge in [-0.25, -0.2) is 9.78 Å². The molecule has 0 aliphatic heterocycles. The Morgan fingerprint density at radius 2 is 2.14 bits per heavy atom. The summed E-state index contributed by atoms with van der Waals surface area (Å²) in [7, 11) is 0. The third kappa shape index (κ3) is 3.74. The van der Waals surface area contributed by atoms with E-state index in [4.69, 9.17) is 0 Å². The minimum Gasteiger partial charge on any atom is -0.391 e. The van der Waals surface area contributed by atoms with Gasteiger partial charge >= 0.3 is 6.03 Å². The summed E-state index contributed by atoms with van der Waals surface area (Å²) in [5.74, 6) is 0.512. The molecule has 3 N–H and O–H groups in total. The summed E-state index contributed by atoms with van der Waals surface area (Å²) in [6.07, 6.45) is 5.64. The summed E-state index contributed by atoms with van der Waals surface area (Å²) in [6, 6.07) is -0.272. The molecule has 2 aliphatic carbocycles. The molecular formula is C15H23N3O2S. The molecule has 2 aliphatic rings. The lowest BCUT2D eigenvalue weighted by Crippen LogP contribution is -2.49. The first kappa shape index (κ1) is 14.8. The van der Waals surface area contributed by atoms with Crippen molar-refractivity contribution in [3.05, 3.63) is 16.1 Å². The zero-order chi connectivity index (χ0) is 14.8. The Hall–Kier alpha value is -1.14. The standard InChI is InChI=1S/C15H23N3O2S/c1-9-8-21-14(16-9)13(10-6-7-10)18-15(20)17-11-4-2-3-5-12(11)19/h8,10-13,19H,2-7H2,1H3,(H2,17,18,20)/t11-,12+,13+/m0/s1. The number of hydrogen-bond acceptors (Lipinski definition) is 4. The van der Waals surface area contributed by atoms with Gasteiger partial charge < -0.3 is 15.7 Å². The quantitative estimate of drug-likeness (QED) is 0.800. The van der Waals surface area contributed by atoms with Gasteiger partial charge in [0.25, 0.3) is 0 Å². The van der Waals surface area contributed by atoms with Gasteiger partial charge in [-0.2, -0.15) is 0 Å². The highest BCUT2D eigenvalue weighted by Gasteiger charge is 2.36. The van der Waals surface area contributed by atoms with Crippen molar-refractivity contribution in [1.29, 1.82) is 0 Å². The van der Waals surface area contributed by atoms with Crippen LogP contribution in [0.5, 0.6) is 0 Å². The lowest BCUT2D eigenvalue weighted by molar-refractivity contribution is 0.0939. The lowest BCUT2D eigenvalue weighted by atomic mass is 9.93. The van der Waals surface area contributed by atoms with Crippen molar-refractivity contribution < 1.29 is 9.90 Å². The summed E-state index contributed by atoms with van der Waals surface area (Å²) in [6.45, 7) is 1.97. The molecule has 1 aromatic heterocycles. The summed E-state index contributed by atoms with van der Waals surface area (Å²) >= 11 is 1.61. The SMILES string of the molecule is Cc1csc([C@H](NC(=O)N[C@H]2CCCC[C@H]2O)C2CC2)n1. The highest BCUT2D eigenvalue weighted by atomic mass is 32.1.